The summed E-state index contributed by atoms with van der Waals surface area (Å²) in [6, 6.07) is 20.4. The first-order valence-corrected chi connectivity index (χ1v) is 9.75. The van der Waals surface area contributed by atoms with Gasteiger partial charge in [-0.3, -0.25) is 4.79 Å². The van der Waals surface area contributed by atoms with Crippen LogP contribution in [0.5, 0.6) is 5.75 Å². The van der Waals surface area contributed by atoms with Crippen molar-refractivity contribution in [2.45, 2.75) is 13.5 Å². The van der Waals surface area contributed by atoms with E-state index >= 15 is 0 Å². The molecule has 1 aromatic heterocycles. The van der Waals surface area contributed by atoms with Gasteiger partial charge in [-0.25, -0.2) is 14.5 Å². The number of benzene rings is 3. The zero-order chi connectivity index (χ0) is 22.3. The maximum absolute atomic E-state index is 13.7. The van der Waals surface area contributed by atoms with E-state index in [1.807, 2.05) is 24.3 Å². The Bertz CT molecular complexity index is 1220. The summed E-state index contributed by atoms with van der Waals surface area (Å²) in [5.74, 6) is -0.135. The number of ether oxygens (including phenoxy) is 1. The smallest absolute Gasteiger partial charge is 0.271 e. The highest BCUT2D eigenvalue weighted by atomic mass is 19.1. The van der Waals surface area contributed by atoms with Gasteiger partial charge in [0.2, 0.25) is 0 Å². The van der Waals surface area contributed by atoms with Crippen LogP contribution in [0.1, 0.15) is 28.4 Å². The number of hydrazone groups is 1. The summed E-state index contributed by atoms with van der Waals surface area (Å²) in [5.41, 5.74) is 5.74. The molecule has 0 unspecified atom stereocenters. The van der Waals surface area contributed by atoms with Gasteiger partial charge in [-0.05, 0) is 65.4 Å². The lowest BCUT2D eigenvalue weighted by molar-refractivity contribution is 0.0955. The molecule has 0 aliphatic carbocycles. The first kappa shape index (κ1) is 20.9. The molecule has 4 rings (SSSR count). The van der Waals surface area contributed by atoms with Crippen molar-refractivity contribution in [1.29, 1.82) is 0 Å². The Balaban J connectivity index is 1.34. The minimum Gasteiger partial charge on any atom is -0.489 e. The van der Waals surface area contributed by atoms with E-state index < -0.39 is 0 Å². The molecule has 0 bridgehead atoms. The molecule has 0 atom stereocenters. The highest BCUT2D eigenvalue weighted by molar-refractivity contribution is 6.01. The fraction of sp³-hybridized carbons (Fsp3) is 0.0870. The second-order valence-electron chi connectivity index (χ2n) is 6.84. The minimum absolute atomic E-state index is 0.105. The Morgan fingerprint density at radius 2 is 1.75 bits per heavy atom. The second kappa shape index (κ2) is 9.61. The number of amides is 1. The Morgan fingerprint density at radius 3 is 2.44 bits per heavy atom. The number of carbonyl (C=O) groups is 1. The van der Waals surface area contributed by atoms with Gasteiger partial charge in [-0.1, -0.05) is 30.3 Å². The molecule has 1 N–H and O–H groups in total. The molecule has 0 aliphatic rings. The van der Waals surface area contributed by atoms with Crippen molar-refractivity contribution in [3.8, 4) is 11.4 Å². The van der Waals surface area contributed by atoms with Crippen LogP contribution in [0.4, 0.5) is 4.39 Å². The van der Waals surface area contributed by atoms with E-state index in [-0.39, 0.29) is 18.3 Å². The predicted octanol–water partition coefficient (Wildman–Crippen LogP) is 3.53. The normalized spacial score (nSPS) is 11.2. The Morgan fingerprint density at radius 1 is 1.03 bits per heavy atom. The van der Waals surface area contributed by atoms with Crippen LogP contribution in [0.2, 0.25) is 0 Å². The van der Waals surface area contributed by atoms with Crippen molar-refractivity contribution in [1.82, 2.24) is 25.6 Å². The number of hydrogen-bond donors (Lipinski definition) is 1. The third-order valence-electron chi connectivity index (χ3n) is 4.69. The van der Waals surface area contributed by atoms with Gasteiger partial charge in [0.05, 0.1) is 11.4 Å². The van der Waals surface area contributed by atoms with Crippen LogP contribution in [0.25, 0.3) is 5.69 Å². The molecule has 32 heavy (non-hydrogen) atoms. The number of carbonyl (C=O) groups excluding carboxylic acids is 1. The van der Waals surface area contributed by atoms with E-state index in [0.29, 0.717) is 22.6 Å². The summed E-state index contributed by atoms with van der Waals surface area (Å²) >= 11 is 0. The molecule has 0 fully saturated rings. The molecule has 160 valence electrons. The van der Waals surface area contributed by atoms with Gasteiger partial charge in [0.1, 0.15) is 24.5 Å². The van der Waals surface area contributed by atoms with E-state index in [4.69, 9.17) is 4.74 Å². The van der Waals surface area contributed by atoms with Crippen molar-refractivity contribution in [2.24, 2.45) is 5.10 Å². The molecular weight excluding hydrogens is 411 g/mol. The van der Waals surface area contributed by atoms with Crippen molar-refractivity contribution in [3.63, 3.8) is 0 Å². The van der Waals surface area contributed by atoms with Crippen LogP contribution in [0.15, 0.2) is 84.2 Å². The van der Waals surface area contributed by atoms with Gasteiger partial charge < -0.3 is 4.74 Å². The van der Waals surface area contributed by atoms with Crippen LogP contribution in [-0.2, 0) is 6.61 Å². The second-order valence-corrected chi connectivity index (χ2v) is 6.84. The third-order valence-corrected chi connectivity index (χ3v) is 4.69. The number of hydrogen-bond acceptors (Lipinski definition) is 6. The van der Waals surface area contributed by atoms with Crippen molar-refractivity contribution in [2.75, 3.05) is 0 Å². The first-order chi connectivity index (χ1) is 15.6. The quantitative estimate of drug-likeness (QED) is 0.358. The fourth-order valence-electron chi connectivity index (χ4n) is 2.88. The van der Waals surface area contributed by atoms with Crippen molar-refractivity contribution in [3.05, 3.63) is 102 Å². The molecule has 0 saturated heterocycles. The standard InChI is InChI=1S/C23H19FN6O2/c1-16(17-6-10-20(11-7-17)30-15-25-28-29-30)26-27-23(31)18-8-12-21(13-9-18)32-14-19-4-2-3-5-22(19)24/h2-13,15H,14H2,1H3,(H,27,31). The van der Waals surface area contributed by atoms with Crippen molar-refractivity contribution >= 4 is 11.6 Å². The maximum atomic E-state index is 13.7. The summed E-state index contributed by atoms with van der Waals surface area (Å²) in [6.45, 7) is 1.90. The van der Waals surface area contributed by atoms with Gasteiger partial charge in [0.15, 0.2) is 0 Å². The van der Waals surface area contributed by atoms with Gasteiger partial charge >= 0.3 is 0 Å². The van der Waals surface area contributed by atoms with Crippen LogP contribution < -0.4 is 10.2 Å². The average molecular weight is 430 g/mol. The number of nitrogens with zero attached hydrogens (tertiary/aromatic N) is 5. The number of aromatic nitrogens is 4. The van der Waals surface area contributed by atoms with Crippen LogP contribution >= 0.6 is 0 Å². The molecule has 3 aromatic carbocycles. The summed E-state index contributed by atoms with van der Waals surface area (Å²) < 4.78 is 20.8. The Kier molecular flexibility index (Phi) is 6.26. The van der Waals surface area contributed by atoms with Gasteiger partial charge in [-0.2, -0.15) is 5.10 Å². The Labute approximate surface area is 183 Å². The predicted molar refractivity (Wildman–Crippen MR) is 116 cm³/mol. The third kappa shape index (κ3) is 5.01. The van der Waals surface area contributed by atoms with Gasteiger partial charge in [-0.15, -0.1) is 5.10 Å². The van der Waals surface area contributed by atoms with Crippen LogP contribution in [0.3, 0.4) is 0 Å². The topological polar surface area (TPSA) is 94.3 Å². The monoisotopic (exact) mass is 430 g/mol. The molecule has 4 aromatic rings. The van der Waals surface area contributed by atoms with E-state index in [0.717, 1.165) is 11.3 Å². The van der Waals surface area contributed by atoms with Crippen LogP contribution in [0, 0.1) is 5.82 Å². The zero-order valence-corrected chi connectivity index (χ0v) is 17.1. The highest BCUT2D eigenvalue weighted by Gasteiger charge is 2.07. The molecule has 9 heteroatoms. The number of rotatable bonds is 7. The first-order valence-electron chi connectivity index (χ1n) is 9.75. The lowest BCUT2D eigenvalue weighted by Gasteiger charge is -2.08. The molecule has 0 saturated carbocycles. The fourth-order valence-corrected chi connectivity index (χ4v) is 2.88. The highest BCUT2D eigenvalue weighted by Crippen LogP contribution is 2.16. The SMILES string of the molecule is CC(=NNC(=O)c1ccc(OCc2ccccc2F)cc1)c1ccc(-n2cnnn2)cc1. The summed E-state index contributed by atoms with van der Waals surface area (Å²) in [6.07, 6.45) is 1.51. The maximum Gasteiger partial charge on any atom is 0.271 e. The molecule has 0 radical (unpaired) electrons. The summed E-state index contributed by atoms with van der Waals surface area (Å²) in [7, 11) is 0. The molecule has 1 amide bonds. The molecule has 1 heterocycles. The molecule has 8 nitrogen and oxygen atoms in total. The summed E-state index contributed by atoms with van der Waals surface area (Å²) in [5, 5.41) is 15.2. The lowest BCUT2D eigenvalue weighted by Crippen LogP contribution is -2.19. The number of halogens is 1. The Hall–Kier alpha value is -4.40. The summed E-state index contributed by atoms with van der Waals surface area (Å²) in [4.78, 5) is 12.4. The van der Waals surface area contributed by atoms with E-state index in [1.54, 1.807) is 54.1 Å². The van der Waals surface area contributed by atoms with E-state index in [2.05, 4.69) is 26.1 Å². The lowest BCUT2D eigenvalue weighted by atomic mass is 10.1. The largest absolute Gasteiger partial charge is 0.489 e. The molecular formula is C23H19FN6O2. The zero-order valence-electron chi connectivity index (χ0n) is 17.1. The minimum atomic E-state index is -0.352. The number of tetrazole rings is 1. The van der Waals surface area contributed by atoms with E-state index in [1.165, 1.54) is 12.4 Å². The molecule has 0 aliphatic heterocycles. The average Bonchev–Trinajstić information content (AvgIpc) is 3.37. The van der Waals surface area contributed by atoms with Gasteiger partial charge in [0, 0.05) is 11.1 Å². The van der Waals surface area contributed by atoms with Crippen molar-refractivity contribution < 1.29 is 13.9 Å². The van der Waals surface area contributed by atoms with Gasteiger partial charge in [0.25, 0.3) is 5.91 Å². The van der Waals surface area contributed by atoms with Crippen LogP contribution in [-0.4, -0.2) is 31.8 Å². The number of nitrogens with one attached hydrogen (secondary N) is 1. The van der Waals surface area contributed by atoms with E-state index in [9.17, 15) is 9.18 Å². The molecule has 0 spiro atoms.